The van der Waals surface area contributed by atoms with E-state index in [0.717, 1.165) is 22.5 Å². The third kappa shape index (κ3) is 1.63. The first kappa shape index (κ1) is 11.6. The molecule has 2 aromatic heterocycles. The molecule has 2 aromatic carbocycles. The van der Waals surface area contributed by atoms with Gasteiger partial charge in [-0.15, -0.1) is 11.3 Å². The predicted molar refractivity (Wildman–Crippen MR) is 83.6 cm³/mol. The van der Waals surface area contributed by atoms with Gasteiger partial charge in [0.2, 0.25) is 0 Å². The molecule has 4 aromatic rings. The van der Waals surface area contributed by atoms with Gasteiger partial charge in [-0.25, -0.2) is 0 Å². The third-order valence-electron chi connectivity index (χ3n) is 3.49. The standard InChI is InChI=1S/C17H12O2S/c1-18-12-8-6-11(7-9-12)17-16-14(10-20-17)13-4-2-3-5-15(13)19-16/h2-10H,1H3. The molecule has 2 heterocycles. The molecule has 3 heteroatoms. The second kappa shape index (κ2) is 4.39. The maximum Gasteiger partial charge on any atom is 0.154 e. The summed E-state index contributed by atoms with van der Waals surface area (Å²) in [5.74, 6) is 0.867. The van der Waals surface area contributed by atoms with Crippen molar-refractivity contribution in [3.8, 4) is 16.2 Å². The molecule has 98 valence electrons. The summed E-state index contributed by atoms with van der Waals surface area (Å²) in [4.78, 5) is 1.17. The fraction of sp³-hybridized carbons (Fsp3) is 0.0588. The van der Waals surface area contributed by atoms with Crippen LogP contribution in [-0.2, 0) is 0 Å². The molecule has 0 unspecified atom stereocenters. The molecule has 0 aliphatic heterocycles. The van der Waals surface area contributed by atoms with E-state index in [4.69, 9.17) is 9.15 Å². The van der Waals surface area contributed by atoms with Crippen LogP contribution in [-0.4, -0.2) is 7.11 Å². The summed E-state index contributed by atoms with van der Waals surface area (Å²) in [6.07, 6.45) is 0. The van der Waals surface area contributed by atoms with E-state index in [1.807, 2.05) is 30.3 Å². The highest BCUT2D eigenvalue weighted by atomic mass is 32.1. The Bertz CT molecular complexity index is 884. The predicted octanol–water partition coefficient (Wildman–Crippen LogP) is 5.32. The Labute approximate surface area is 120 Å². The number of methoxy groups -OCH3 is 1. The van der Waals surface area contributed by atoms with Crippen LogP contribution in [0.5, 0.6) is 5.75 Å². The van der Waals surface area contributed by atoms with Crippen molar-refractivity contribution in [3.63, 3.8) is 0 Å². The first-order valence-corrected chi connectivity index (χ1v) is 7.28. The molecule has 0 saturated heterocycles. The highest BCUT2D eigenvalue weighted by Crippen LogP contribution is 2.40. The van der Waals surface area contributed by atoms with Crippen LogP contribution >= 0.6 is 11.3 Å². The van der Waals surface area contributed by atoms with Gasteiger partial charge in [0.05, 0.1) is 12.0 Å². The number of para-hydroxylation sites is 1. The largest absolute Gasteiger partial charge is 0.497 e. The van der Waals surface area contributed by atoms with Crippen LogP contribution in [0.25, 0.3) is 32.4 Å². The van der Waals surface area contributed by atoms with Crippen molar-refractivity contribution >= 4 is 33.3 Å². The Kier molecular flexibility index (Phi) is 2.54. The Morgan fingerprint density at radius 1 is 0.950 bits per heavy atom. The van der Waals surface area contributed by atoms with E-state index >= 15 is 0 Å². The summed E-state index contributed by atoms with van der Waals surface area (Å²) >= 11 is 1.72. The number of ether oxygens (including phenoxy) is 1. The first-order valence-electron chi connectivity index (χ1n) is 6.40. The van der Waals surface area contributed by atoms with Crippen LogP contribution in [0.3, 0.4) is 0 Å². The molecule has 0 bridgehead atoms. The molecule has 0 fully saturated rings. The fourth-order valence-corrected chi connectivity index (χ4v) is 3.46. The van der Waals surface area contributed by atoms with Gasteiger partial charge in [0.15, 0.2) is 5.58 Å². The van der Waals surface area contributed by atoms with Gasteiger partial charge in [0.1, 0.15) is 11.3 Å². The molecule has 0 N–H and O–H groups in total. The zero-order chi connectivity index (χ0) is 13.5. The van der Waals surface area contributed by atoms with Gasteiger partial charge in [-0.05, 0) is 35.9 Å². The van der Waals surface area contributed by atoms with E-state index < -0.39 is 0 Å². The average molecular weight is 280 g/mol. The van der Waals surface area contributed by atoms with Crippen molar-refractivity contribution in [1.29, 1.82) is 0 Å². The number of fused-ring (bicyclic) bond motifs is 3. The normalized spacial score (nSPS) is 11.2. The number of benzene rings is 2. The lowest BCUT2D eigenvalue weighted by Gasteiger charge is -2.01. The van der Waals surface area contributed by atoms with Crippen molar-refractivity contribution < 1.29 is 9.15 Å². The maximum absolute atomic E-state index is 6.01. The summed E-state index contributed by atoms with van der Waals surface area (Å²) in [5, 5.41) is 4.54. The minimum atomic E-state index is 0.867. The zero-order valence-electron chi connectivity index (χ0n) is 10.9. The van der Waals surface area contributed by atoms with Crippen molar-refractivity contribution in [3.05, 3.63) is 53.9 Å². The number of furan rings is 1. The van der Waals surface area contributed by atoms with Crippen LogP contribution in [0.1, 0.15) is 0 Å². The van der Waals surface area contributed by atoms with Gasteiger partial charge in [-0.2, -0.15) is 0 Å². The molecule has 0 aliphatic carbocycles. The maximum atomic E-state index is 6.01. The lowest BCUT2D eigenvalue weighted by atomic mass is 10.1. The molecular weight excluding hydrogens is 268 g/mol. The molecule has 20 heavy (non-hydrogen) atoms. The van der Waals surface area contributed by atoms with Gasteiger partial charge in [-0.1, -0.05) is 18.2 Å². The smallest absolute Gasteiger partial charge is 0.154 e. The van der Waals surface area contributed by atoms with Gasteiger partial charge in [0.25, 0.3) is 0 Å². The van der Waals surface area contributed by atoms with E-state index in [9.17, 15) is 0 Å². The van der Waals surface area contributed by atoms with Crippen LogP contribution in [0.15, 0.2) is 58.3 Å². The quantitative estimate of drug-likeness (QED) is 0.495. The van der Waals surface area contributed by atoms with E-state index in [1.165, 1.54) is 15.6 Å². The summed E-state index contributed by atoms with van der Waals surface area (Å²) in [5.41, 5.74) is 3.08. The Hall–Kier alpha value is -2.26. The van der Waals surface area contributed by atoms with Crippen molar-refractivity contribution in [1.82, 2.24) is 0 Å². The van der Waals surface area contributed by atoms with Gasteiger partial charge >= 0.3 is 0 Å². The van der Waals surface area contributed by atoms with Crippen LogP contribution in [0, 0.1) is 0 Å². The van der Waals surface area contributed by atoms with E-state index in [-0.39, 0.29) is 0 Å². The summed E-state index contributed by atoms with van der Waals surface area (Å²) in [7, 11) is 1.68. The highest BCUT2D eigenvalue weighted by molar-refractivity contribution is 7.15. The fourth-order valence-electron chi connectivity index (χ4n) is 2.46. The van der Waals surface area contributed by atoms with Gasteiger partial charge in [0, 0.05) is 16.2 Å². The second-order valence-corrected chi connectivity index (χ2v) is 5.51. The Balaban J connectivity index is 1.94. The molecule has 0 spiro atoms. The number of hydrogen-bond donors (Lipinski definition) is 0. The lowest BCUT2D eigenvalue weighted by Crippen LogP contribution is -1.81. The summed E-state index contributed by atoms with van der Waals surface area (Å²) < 4.78 is 11.2. The van der Waals surface area contributed by atoms with Crippen LogP contribution in [0.4, 0.5) is 0 Å². The van der Waals surface area contributed by atoms with Crippen molar-refractivity contribution in [2.75, 3.05) is 7.11 Å². The second-order valence-electron chi connectivity index (χ2n) is 4.63. The average Bonchev–Trinajstić information content (AvgIpc) is 3.06. The van der Waals surface area contributed by atoms with Gasteiger partial charge in [-0.3, -0.25) is 0 Å². The van der Waals surface area contributed by atoms with Crippen molar-refractivity contribution in [2.24, 2.45) is 0 Å². The van der Waals surface area contributed by atoms with Crippen LogP contribution in [0.2, 0.25) is 0 Å². The summed E-state index contributed by atoms with van der Waals surface area (Å²) in [6.45, 7) is 0. The molecule has 0 saturated carbocycles. The van der Waals surface area contributed by atoms with Gasteiger partial charge < -0.3 is 9.15 Å². The topological polar surface area (TPSA) is 22.4 Å². The first-order chi connectivity index (χ1) is 9.86. The Morgan fingerprint density at radius 2 is 1.75 bits per heavy atom. The molecule has 2 nitrogen and oxygen atoms in total. The molecule has 4 rings (SSSR count). The molecule has 0 radical (unpaired) electrons. The SMILES string of the molecule is COc1ccc(-c2scc3c2oc2ccccc23)cc1. The number of hydrogen-bond acceptors (Lipinski definition) is 3. The number of rotatable bonds is 2. The minimum absolute atomic E-state index is 0.867. The van der Waals surface area contributed by atoms with E-state index in [1.54, 1.807) is 18.4 Å². The molecular formula is C17H12O2S. The highest BCUT2D eigenvalue weighted by Gasteiger charge is 2.14. The molecule has 0 aliphatic rings. The lowest BCUT2D eigenvalue weighted by molar-refractivity contribution is 0.415. The van der Waals surface area contributed by atoms with E-state index in [0.29, 0.717) is 0 Å². The Morgan fingerprint density at radius 3 is 2.55 bits per heavy atom. The molecule has 0 amide bonds. The van der Waals surface area contributed by atoms with E-state index in [2.05, 4.69) is 23.6 Å². The minimum Gasteiger partial charge on any atom is -0.497 e. The summed E-state index contributed by atoms with van der Waals surface area (Å²) in [6, 6.07) is 16.2. The third-order valence-corrected chi connectivity index (χ3v) is 4.50. The van der Waals surface area contributed by atoms with Crippen LogP contribution < -0.4 is 4.74 Å². The zero-order valence-corrected chi connectivity index (χ0v) is 11.7. The van der Waals surface area contributed by atoms with Crippen molar-refractivity contribution in [2.45, 2.75) is 0 Å². The molecule has 0 atom stereocenters. The number of thiophene rings is 1. The monoisotopic (exact) mass is 280 g/mol.